The molecule has 0 atom stereocenters. The largest absolute Gasteiger partial charge is 0.366 e. The maximum atomic E-state index is 12.3. The Balaban J connectivity index is 2.29. The number of amides is 2. The fourth-order valence-electron chi connectivity index (χ4n) is 1.79. The van der Waals surface area contributed by atoms with Crippen molar-refractivity contribution in [1.29, 1.82) is 0 Å². The minimum atomic E-state index is -0.680. The molecule has 3 N–H and O–H groups in total. The highest BCUT2D eigenvalue weighted by molar-refractivity contribution is 14.1. The van der Waals surface area contributed by atoms with Gasteiger partial charge in [0.15, 0.2) is 0 Å². The summed E-state index contributed by atoms with van der Waals surface area (Å²) >= 11 is 7.82. The maximum Gasteiger partial charge on any atom is 0.270 e. The lowest BCUT2D eigenvalue weighted by molar-refractivity contribution is -0.384. The number of halogens is 2. The van der Waals surface area contributed by atoms with Gasteiger partial charge < -0.3 is 11.1 Å². The van der Waals surface area contributed by atoms with Crippen LogP contribution in [0.15, 0.2) is 36.4 Å². The summed E-state index contributed by atoms with van der Waals surface area (Å²) in [5.74, 6) is -1.21. The lowest BCUT2D eigenvalue weighted by Crippen LogP contribution is -2.15. The van der Waals surface area contributed by atoms with Crippen LogP contribution < -0.4 is 11.1 Å². The molecule has 7 nitrogen and oxygen atoms in total. The Morgan fingerprint density at radius 1 is 1.17 bits per heavy atom. The summed E-state index contributed by atoms with van der Waals surface area (Å²) in [6.07, 6.45) is 0. The molecule has 0 aliphatic carbocycles. The minimum absolute atomic E-state index is 0.101. The van der Waals surface area contributed by atoms with E-state index in [1.54, 1.807) is 0 Å². The van der Waals surface area contributed by atoms with E-state index in [0.717, 1.165) is 0 Å². The van der Waals surface area contributed by atoms with Crippen molar-refractivity contribution < 1.29 is 14.5 Å². The minimum Gasteiger partial charge on any atom is -0.366 e. The fraction of sp³-hybridized carbons (Fsp3) is 0. The van der Waals surface area contributed by atoms with E-state index in [1.165, 1.54) is 36.4 Å². The van der Waals surface area contributed by atoms with E-state index in [9.17, 15) is 19.7 Å². The lowest BCUT2D eigenvalue weighted by atomic mass is 10.1. The zero-order valence-electron chi connectivity index (χ0n) is 11.4. The van der Waals surface area contributed by atoms with Gasteiger partial charge in [0.2, 0.25) is 5.91 Å². The molecule has 0 aliphatic rings. The van der Waals surface area contributed by atoms with E-state index in [1.807, 2.05) is 22.6 Å². The van der Waals surface area contributed by atoms with E-state index < -0.39 is 16.7 Å². The highest BCUT2D eigenvalue weighted by Gasteiger charge is 2.16. The third-order valence-corrected chi connectivity index (χ3v) is 4.15. The zero-order chi connectivity index (χ0) is 17.1. The topological polar surface area (TPSA) is 115 Å². The van der Waals surface area contributed by atoms with Crippen LogP contribution >= 0.6 is 34.2 Å². The third-order valence-electron chi connectivity index (χ3n) is 2.90. The normalized spacial score (nSPS) is 10.2. The number of carbonyl (C=O) groups is 2. The van der Waals surface area contributed by atoms with Gasteiger partial charge in [-0.1, -0.05) is 11.6 Å². The molecule has 2 aromatic carbocycles. The summed E-state index contributed by atoms with van der Waals surface area (Å²) in [6, 6.07) is 8.22. The van der Waals surface area contributed by atoms with Crippen LogP contribution in [0.1, 0.15) is 20.7 Å². The number of primary amides is 1. The zero-order valence-corrected chi connectivity index (χ0v) is 14.3. The van der Waals surface area contributed by atoms with Gasteiger partial charge in [-0.2, -0.15) is 0 Å². The van der Waals surface area contributed by atoms with Crippen molar-refractivity contribution in [3.63, 3.8) is 0 Å². The Morgan fingerprint density at radius 3 is 2.43 bits per heavy atom. The predicted molar refractivity (Wildman–Crippen MR) is 93.7 cm³/mol. The number of nitrogens with one attached hydrogen (secondary N) is 1. The van der Waals surface area contributed by atoms with E-state index >= 15 is 0 Å². The molecular weight excluding hydrogens is 437 g/mol. The fourth-order valence-corrected chi connectivity index (χ4v) is 2.65. The van der Waals surface area contributed by atoms with Crippen molar-refractivity contribution in [3.8, 4) is 0 Å². The molecule has 0 fully saturated rings. The first-order chi connectivity index (χ1) is 10.8. The molecule has 0 heterocycles. The average molecular weight is 446 g/mol. The lowest BCUT2D eigenvalue weighted by Gasteiger charge is -2.08. The van der Waals surface area contributed by atoms with Crippen LogP contribution in [-0.4, -0.2) is 16.7 Å². The Labute approximate surface area is 149 Å². The van der Waals surface area contributed by atoms with Gasteiger partial charge in [0.1, 0.15) is 0 Å². The van der Waals surface area contributed by atoms with E-state index in [4.69, 9.17) is 17.3 Å². The SMILES string of the molecule is NC(=O)c1ccc(NC(=O)c2cc([N+](=O)[O-])ccc2I)cc1Cl. The van der Waals surface area contributed by atoms with E-state index in [-0.39, 0.29) is 21.8 Å². The van der Waals surface area contributed by atoms with Crippen LogP contribution in [0.2, 0.25) is 5.02 Å². The Morgan fingerprint density at radius 2 is 1.87 bits per heavy atom. The summed E-state index contributed by atoms with van der Waals surface area (Å²) in [5.41, 5.74) is 5.60. The second-order valence-corrected chi connectivity index (χ2v) is 6.00. The number of hydrogen-bond donors (Lipinski definition) is 2. The molecule has 2 amide bonds. The first-order valence-electron chi connectivity index (χ1n) is 6.14. The van der Waals surface area contributed by atoms with Gasteiger partial charge in [0.25, 0.3) is 11.6 Å². The van der Waals surface area contributed by atoms with Gasteiger partial charge in [-0.3, -0.25) is 19.7 Å². The number of nitro groups is 1. The molecule has 2 rings (SSSR count). The molecular formula is C14H9ClIN3O4. The monoisotopic (exact) mass is 445 g/mol. The van der Waals surface area contributed by atoms with Crippen LogP contribution in [0, 0.1) is 13.7 Å². The van der Waals surface area contributed by atoms with E-state index in [2.05, 4.69) is 5.32 Å². The van der Waals surface area contributed by atoms with Crippen LogP contribution in [0.25, 0.3) is 0 Å². The quantitative estimate of drug-likeness (QED) is 0.427. The maximum absolute atomic E-state index is 12.3. The molecule has 0 radical (unpaired) electrons. The van der Waals surface area contributed by atoms with Crippen molar-refractivity contribution in [1.82, 2.24) is 0 Å². The van der Waals surface area contributed by atoms with Crippen LogP contribution in [0.3, 0.4) is 0 Å². The van der Waals surface area contributed by atoms with Crippen molar-refractivity contribution in [3.05, 3.63) is 66.2 Å². The highest BCUT2D eigenvalue weighted by Crippen LogP contribution is 2.23. The van der Waals surface area contributed by atoms with Gasteiger partial charge in [-0.25, -0.2) is 0 Å². The molecule has 0 unspecified atom stereocenters. The van der Waals surface area contributed by atoms with Gasteiger partial charge in [-0.15, -0.1) is 0 Å². The number of nitrogens with zero attached hydrogens (tertiary/aromatic N) is 1. The number of nitrogens with two attached hydrogens (primary N) is 1. The molecule has 0 aliphatic heterocycles. The van der Waals surface area contributed by atoms with Crippen LogP contribution in [-0.2, 0) is 0 Å². The first kappa shape index (κ1) is 17.2. The molecule has 0 saturated heterocycles. The number of carbonyl (C=O) groups excluding carboxylic acids is 2. The van der Waals surface area contributed by atoms with Crippen molar-refractivity contribution in [2.45, 2.75) is 0 Å². The number of non-ortho nitro benzene ring substituents is 1. The van der Waals surface area contributed by atoms with Gasteiger partial charge in [-0.05, 0) is 46.9 Å². The summed E-state index contributed by atoms with van der Waals surface area (Å²) in [7, 11) is 0. The second kappa shape index (κ2) is 6.92. The van der Waals surface area contributed by atoms with Gasteiger partial charge in [0, 0.05) is 21.4 Å². The summed E-state index contributed by atoms with van der Waals surface area (Å²) < 4.78 is 0.561. The van der Waals surface area contributed by atoms with Crippen molar-refractivity contribution in [2.75, 3.05) is 5.32 Å². The van der Waals surface area contributed by atoms with E-state index in [0.29, 0.717) is 9.26 Å². The van der Waals surface area contributed by atoms with Gasteiger partial charge in [0.05, 0.1) is 21.1 Å². The number of rotatable bonds is 4. The third kappa shape index (κ3) is 3.96. The Kier molecular flexibility index (Phi) is 5.16. The molecule has 9 heteroatoms. The average Bonchev–Trinajstić information content (AvgIpc) is 2.46. The first-order valence-corrected chi connectivity index (χ1v) is 7.60. The molecule has 0 spiro atoms. The summed E-state index contributed by atoms with van der Waals surface area (Å²) in [5, 5.41) is 13.5. The van der Waals surface area contributed by atoms with Crippen LogP contribution in [0.4, 0.5) is 11.4 Å². The Bertz CT molecular complexity index is 826. The number of anilines is 1. The number of nitro benzene ring substituents is 1. The summed E-state index contributed by atoms with van der Waals surface area (Å²) in [6.45, 7) is 0. The van der Waals surface area contributed by atoms with Crippen molar-refractivity contribution >= 4 is 57.4 Å². The molecule has 0 aromatic heterocycles. The summed E-state index contributed by atoms with van der Waals surface area (Å²) in [4.78, 5) is 33.6. The Hall–Kier alpha value is -2.20. The smallest absolute Gasteiger partial charge is 0.270 e. The van der Waals surface area contributed by atoms with Gasteiger partial charge >= 0.3 is 0 Å². The highest BCUT2D eigenvalue weighted by atomic mass is 127. The number of benzene rings is 2. The van der Waals surface area contributed by atoms with Crippen molar-refractivity contribution in [2.24, 2.45) is 5.73 Å². The molecule has 118 valence electrons. The predicted octanol–water partition coefficient (Wildman–Crippen LogP) is 3.20. The molecule has 23 heavy (non-hydrogen) atoms. The standard InChI is InChI=1S/C14H9ClIN3O4/c15-11-5-7(1-3-9(11)13(17)20)18-14(21)10-6-8(19(22)23)2-4-12(10)16/h1-6H,(H2,17,20)(H,18,21). The molecule has 2 aromatic rings. The second-order valence-electron chi connectivity index (χ2n) is 4.43. The number of hydrogen-bond acceptors (Lipinski definition) is 4. The van der Waals surface area contributed by atoms with Crippen LogP contribution in [0.5, 0.6) is 0 Å². The molecule has 0 bridgehead atoms. The molecule has 0 saturated carbocycles.